The summed E-state index contributed by atoms with van der Waals surface area (Å²) in [6, 6.07) is 15.9. The number of carbonyl (C=O) groups is 1. The molecule has 2 aromatic carbocycles. The highest BCUT2D eigenvalue weighted by molar-refractivity contribution is 5.70. The topological polar surface area (TPSA) is 47.6 Å². The minimum atomic E-state index is -0.486. The van der Waals surface area contributed by atoms with Gasteiger partial charge in [-0.1, -0.05) is 48.6 Å². The van der Waals surface area contributed by atoms with E-state index in [1.165, 1.54) is 0 Å². The van der Waals surface area contributed by atoms with E-state index >= 15 is 0 Å². The molecule has 0 atom stereocenters. The zero-order valence-electron chi connectivity index (χ0n) is 15.2. The van der Waals surface area contributed by atoms with Crippen LogP contribution in [0.25, 0.3) is 12.2 Å². The highest BCUT2D eigenvalue weighted by Crippen LogP contribution is 2.14. The third-order valence-electron chi connectivity index (χ3n) is 3.40. The van der Waals surface area contributed by atoms with Crippen molar-refractivity contribution in [3.8, 4) is 5.75 Å². The van der Waals surface area contributed by atoms with Crippen molar-refractivity contribution >= 4 is 18.2 Å². The summed E-state index contributed by atoms with van der Waals surface area (Å²) >= 11 is 0. The Morgan fingerprint density at radius 3 is 1.96 bits per heavy atom. The van der Waals surface area contributed by atoms with Crippen LogP contribution in [0.2, 0.25) is 0 Å². The van der Waals surface area contributed by atoms with Crippen LogP contribution in [-0.2, 0) is 11.3 Å². The molecule has 1 N–H and O–H groups in total. The van der Waals surface area contributed by atoms with Gasteiger partial charge in [0.1, 0.15) is 11.4 Å². The third kappa shape index (κ3) is 6.71. The predicted molar refractivity (Wildman–Crippen MR) is 101 cm³/mol. The molecule has 0 fully saturated rings. The van der Waals surface area contributed by atoms with E-state index in [4.69, 9.17) is 9.47 Å². The average molecular weight is 339 g/mol. The van der Waals surface area contributed by atoms with E-state index in [1.54, 1.807) is 7.11 Å². The van der Waals surface area contributed by atoms with Gasteiger partial charge in [0.25, 0.3) is 0 Å². The molecule has 1 amide bonds. The van der Waals surface area contributed by atoms with Gasteiger partial charge in [0.15, 0.2) is 0 Å². The molecule has 0 bridgehead atoms. The molecule has 0 aromatic heterocycles. The molecule has 0 aliphatic heterocycles. The van der Waals surface area contributed by atoms with Crippen molar-refractivity contribution in [1.82, 2.24) is 5.32 Å². The van der Waals surface area contributed by atoms with Gasteiger partial charge >= 0.3 is 6.09 Å². The molecular weight excluding hydrogens is 314 g/mol. The minimum absolute atomic E-state index is 0.407. The largest absolute Gasteiger partial charge is 0.497 e. The zero-order valence-corrected chi connectivity index (χ0v) is 15.2. The summed E-state index contributed by atoms with van der Waals surface area (Å²) in [6.45, 7) is 5.97. The van der Waals surface area contributed by atoms with Crippen molar-refractivity contribution in [1.29, 1.82) is 0 Å². The second-order valence-corrected chi connectivity index (χ2v) is 6.70. The lowest BCUT2D eigenvalue weighted by atomic mass is 10.1. The number of ether oxygens (including phenoxy) is 2. The van der Waals surface area contributed by atoms with E-state index in [0.29, 0.717) is 6.54 Å². The zero-order chi connectivity index (χ0) is 18.3. The standard InChI is InChI=1S/C21H25NO3/c1-21(2,3)25-20(23)22-15-18-9-7-16(8-10-18)5-6-17-11-13-19(24-4)14-12-17/h5-14H,15H2,1-4H3,(H,22,23)/b6-5+. The Morgan fingerprint density at radius 2 is 1.48 bits per heavy atom. The van der Waals surface area contributed by atoms with Crippen molar-refractivity contribution < 1.29 is 14.3 Å². The molecule has 0 heterocycles. The van der Waals surface area contributed by atoms with Crippen LogP contribution in [0.15, 0.2) is 48.5 Å². The maximum absolute atomic E-state index is 11.7. The third-order valence-corrected chi connectivity index (χ3v) is 3.40. The first-order valence-electron chi connectivity index (χ1n) is 8.24. The molecule has 0 aliphatic carbocycles. The lowest BCUT2D eigenvalue weighted by Crippen LogP contribution is -2.32. The van der Waals surface area contributed by atoms with Crippen LogP contribution >= 0.6 is 0 Å². The van der Waals surface area contributed by atoms with E-state index in [9.17, 15) is 4.79 Å². The van der Waals surface area contributed by atoms with Gasteiger partial charge in [0.05, 0.1) is 7.11 Å². The molecule has 132 valence electrons. The smallest absolute Gasteiger partial charge is 0.407 e. The summed E-state index contributed by atoms with van der Waals surface area (Å²) in [6.07, 6.45) is 3.69. The first-order chi connectivity index (χ1) is 11.9. The molecule has 0 saturated carbocycles. The van der Waals surface area contributed by atoms with Crippen LogP contribution < -0.4 is 10.1 Å². The van der Waals surface area contributed by atoms with Gasteiger partial charge in [-0.3, -0.25) is 0 Å². The van der Waals surface area contributed by atoms with Gasteiger partial charge in [0.2, 0.25) is 0 Å². The second kappa shape index (κ2) is 8.38. The van der Waals surface area contributed by atoms with Gasteiger partial charge in [-0.2, -0.15) is 0 Å². The van der Waals surface area contributed by atoms with Gasteiger partial charge < -0.3 is 14.8 Å². The Kier molecular flexibility index (Phi) is 6.23. The molecule has 0 aliphatic rings. The molecule has 2 aromatic rings. The molecular formula is C21H25NO3. The predicted octanol–water partition coefficient (Wildman–Crippen LogP) is 4.89. The molecule has 4 heteroatoms. The molecule has 25 heavy (non-hydrogen) atoms. The van der Waals surface area contributed by atoms with Crippen LogP contribution in [0.1, 0.15) is 37.5 Å². The fourth-order valence-electron chi connectivity index (χ4n) is 2.14. The Balaban J connectivity index is 1.88. The number of amides is 1. The van der Waals surface area contributed by atoms with Crippen molar-refractivity contribution in [2.75, 3.05) is 7.11 Å². The van der Waals surface area contributed by atoms with Crippen molar-refractivity contribution in [3.05, 3.63) is 65.2 Å². The van der Waals surface area contributed by atoms with E-state index in [-0.39, 0.29) is 0 Å². The first-order valence-corrected chi connectivity index (χ1v) is 8.24. The van der Waals surface area contributed by atoms with E-state index < -0.39 is 11.7 Å². The normalized spacial score (nSPS) is 11.4. The summed E-state index contributed by atoms with van der Waals surface area (Å²) < 4.78 is 10.4. The van der Waals surface area contributed by atoms with Crippen LogP contribution in [0, 0.1) is 0 Å². The minimum Gasteiger partial charge on any atom is -0.497 e. The Bertz CT molecular complexity index is 710. The number of hydrogen-bond acceptors (Lipinski definition) is 3. The number of carbonyl (C=O) groups excluding carboxylic acids is 1. The lowest BCUT2D eigenvalue weighted by molar-refractivity contribution is 0.0523. The molecule has 0 unspecified atom stereocenters. The van der Waals surface area contributed by atoms with Crippen molar-refractivity contribution in [3.63, 3.8) is 0 Å². The Morgan fingerprint density at radius 1 is 0.960 bits per heavy atom. The lowest BCUT2D eigenvalue weighted by Gasteiger charge is -2.19. The Labute approximate surface area is 149 Å². The monoisotopic (exact) mass is 339 g/mol. The first kappa shape index (κ1) is 18.6. The van der Waals surface area contributed by atoms with E-state index in [0.717, 1.165) is 22.4 Å². The van der Waals surface area contributed by atoms with Gasteiger partial charge in [-0.25, -0.2) is 4.79 Å². The highest BCUT2D eigenvalue weighted by atomic mass is 16.6. The average Bonchev–Trinajstić information content (AvgIpc) is 2.58. The molecule has 4 nitrogen and oxygen atoms in total. The second-order valence-electron chi connectivity index (χ2n) is 6.70. The molecule has 0 saturated heterocycles. The van der Waals surface area contributed by atoms with Crippen molar-refractivity contribution in [2.24, 2.45) is 0 Å². The van der Waals surface area contributed by atoms with Gasteiger partial charge in [-0.15, -0.1) is 0 Å². The summed E-state index contributed by atoms with van der Waals surface area (Å²) in [5.74, 6) is 0.846. The summed E-state index contributed by atoms with van der Waals surface area (Å²) in [5.41, 5.74) is 2.74. The van der Waals surface area contributed by atoms with Gasteiger partial charge in [0, 0.05) is 6.54 Å². The Hall–Kier alpha value is -2.75. The fourth-order valence-corrected chi connectivity index (χ4v) is 2.14. The number of methoxy groups -OCH3 is 1. The SMILES string of the molecule is COc1ccc(/C=C/c2ccc(CNC(=O)OC(C)(C)C)cc2)cc1. The number of benzene rings is 2. The number of alkyl carbamates (subject to hydrolysis) is 1. The van der Waals surface area contributed by atoms with Gasteiger partial charge in [-0.05, 0) is 49.6 Å². The number of nitrogens with one attached hydrogen (secondary N) is 1. The number of rotatable bonds is 5. The summed E-state index contributed by atoms with van der Waals surface area (Å²) in [4.78, 5) is 11.7. The van der Waals surface area contributed by atoms with Crippen LogP contribution in [0.4, 0.5) is 4.79 Å². The number of hydrogen-bond donors (Lipinski definition) is 1. The van der Waals surface area contributed by atoms with Crippen LogP contribution in [-0.4, -0.2) is 18.8 Å². The molecule has 0 spiro atoms. The van der Waals surface area contributed by atoms with Crippen molar-refractivity contribution in [2.45, 2.75) is 32.9 Å². The van der Waals surface area contributed by atoms with E-state index in [1.807, 2.05) is 81.5 Å². The molecule has 0 radical (unpaired) electrons. The van der Waals surface area contributed by atoms with Crippen LogP contribution in [0.3, 0.4) is 0 Å². The molecule has 2 rings (SSSR count). The van der Waals surface area contributed by atoms with Crippen LogP contribution in [0.5, 0.6) is 5.75 Å². The maximum Gasteiger partial charge on any atom is 0.407 e. The van der Waals surface area contributed by atoms with E-state index in [2.05, 4.69) is 5.32 Å². The maximum atomic E-state index is 11.7. The fraction of sp³-hybridized carbons (Fsp3) is 0.286. The summed E-state index contributed by atoms with van der Waals surface area (Å²) in [7, 11) is 1.66. The quantitative estimate of drug-likeness (QED) is 0.789. The summed E-state index contributed by atoms with van der Waals surface area (Å²) in [5, 5.41) is 2.75. The highest BCUT2D eigenvalue weighted by Gasteiger charge is 2.15.